The molecule has 3 aromatic rings. The molecule has 34 heavy (non-hydrogen) atoms. The number of carbonyl (C=O) groups excluding carboxylic acids is 2. The summed E-state index contributed by atoms with van der Waals surface area (Å²) in [5.74, 6) is -0.880. The summed E-state index contributed by atoms with van der Waals surface area (Å²) in [6.45, 7) is 6.33. The molecule has 0 saturated carbocycles. The minimum atomic E-state index is -0.753. The van der Waals surface area contributed by atoms with Crippen LogP contribution in [0.2, 0.25) is 0 Å². The number of aromatic nitrogens is 1. The number of amides is 1. The van der Waals surface area contributed by atoms with Gasteiger partial charge in [0.2, 0.25) is 0 Å². The van der Waals surface area contributed by atoms with E-state index in [1.807, 2.05) is 45.0 Å². The number of carbonyl (C=O) groups is 2. The van der Waals surface area contributed by atoms with Crippen LogP contribution in [-0.4, -0.2) is 46.4 Å². The zero-order chi connectivity index (χ0) is 24.5. The third-order valence-electron chi connectivity index (χ3n) is 6.00. The molecule has 1 amide bonds. The third kappa shape index (κ3) is 5.09. The van der Waals surface area contributed by atoms with E-state index in [0.29, 0.717) is 18.7 Å². The fourth-order valence-corrected chi connectivity index (χ4v) is 5.31. The number of hydrogen-bond acceptors (Lipinski definition) is 7. The Morgan fingerprint density at radius 2 is 2.00 bits per heavy atom. The highest BCUT2D eigenvalue weighted by atomic mass is 32.1. The molecule has 1 aliphatic rings. The van der Waals surface area contributed by atoms with Crippen molar-refractivity contribution >= 4 is 39.1 Å². The summed E-state index contributed by atoms with van der Waals surface area (Å²) in [5.41, 5.74) is 0.960. The topological polar surface area (TPSA) is 103 Å². The lowest BCUT2D eigenvalue weighted by molar-refractivity contribution is -0.386. The van der Waals surface area contributed by atoms with E-state index in [-0.39, 0.29) is 23.1 Å². The molecule has 0 aliphatic carbocycles. The molecule has 1 atom stereocenters. The Hall–Kier alpha value is -3.33. The van der Waals surface area contributed by atoms with Gasteiger partial charge >= 0.3 is 5.97 Å². The summed E-state index contributed by atoms with van der Waals surface area (Å²) in [6, 6.07) is 12.3. The highest BCUT2D eigenvalue weighted by Gasteiger charge is 2.29. The van der Waals surface area contributed by atoms with Crippen molar-refractivity contribution in [3.05, 3.63) is 68.7 Å². The van der Waals surface area contributed by atoms with E-state index in [9.17, 15) is 19.7 Å². The fraction of sp³-hybridized carbons (Fsp3) is 0.400. The van der Waals surface area contributed by atoms with E-state index in [0.717, 1.165) is 28.1 Å². The van der Waals surface area contributed by atoms with E-state index in [1.165, 1.54) is 12.1 Å². The summed E-state index contributed by atoms with van der Waals surface area (Å²) < 4.78 is 6.35. The number of hydrogen-bond donors (Lipinski definition) is 0. The molecule has 2 aromatic carbocycles. The average Bonchev–Trinajstić information content (AvgIpc) is 3.26. The quantitative estimate of drug-likeness (QED) is 0.287. The number of fused-ring (bicyclic) bond motifs is 1. The van der Waals surface area contributed by atoms with Crippen LogP contribution >= 0.6 is 11.3 Å². The van der Waals surface area contributed by atoms with Gasteiger partial charge in [0.25, 0.3) is 11.6 Å². The second kappa shape index (κ2) is 9.50. The molecule has 1 fully saturated rings. The Kier molecular flexibility index (Phi) is 6.65. The summed E-state index contributed by atoms with van der Waals surface area (Å²) in [4.78, 5) is 42.7. The fourth-order valence-electron chi connectivity index (χ4n) is 4.22. The lowest BCUT2D eigenvalue weighted by atomic mass is 9.85. The number of thiazole rings is 1. The number of para-hydroxylation sites is 1. The van der Waals surface area contributed by atoms with Gasteiger partial charge in [0.1, 0.15) is 0 Å². The molecule has 2 heterocycles. The zero-order valence-electron chi connectivity index (χ0n) is 19.4. The van der Waals surface area contributed by atoms with Gasteiger partial charge in [-0.2, -0.15) is 0 Å². The molecule has 1 aliphatic heterocycles. The van der Waals surface area contributed by atoms with E-state index in [2.05, 4.69) is 0 Å². The van der Waals surface area contributed by atoms with Gasteiger partial charge in [0.15, 0.2) is 6.61 Å². The van der Waals surface area contributed by atoms with Gasteiger partial charge < -0.3 is 9.64 Å². The van der Waals surface area contributed by atoms with Crippen LogP contribution < -0.4 is 0 Å². The van der Waals surface area contributed by atoms with Crippen LogP contribution in [0.15, 0.2) is 42.5 Å². The molecule has 8 nitrogen and oxygen atoms in total. The number of nitro groups is 1. The molecule has 4 rings (SSSR count). The standard InChI is InChI=1S/C25H27N3O5S/c1-25(2,3)18-11-10-16(13-20(18)28(31)32)24(30)33-15-22(29)27-12-6-7-17(14-27)23-26-19-8-4-5-9-21(19)34-23/h4-5,8-11,13,17H,6-7,12,14-15H2,1-3H3. The minimum Gasteiger partial charge on any atom is -0.452 e. The molecular weight excluding hydrogens is 454 g/mol. The van der Waals surface area contributed by atoms with Crippen molar-refractivity contribution in [3.63, 3.8) is 0 Å². The number of piperidine rings is 1. The Labute approximate surface area is 201 Å². The maximum absolute atomic E-state index is 12.8. The molecule has 0 N–H and O–H groups in total. The summed E-state index contributed by atoms with van der Waals surface area (Å²) in [6.07, 6.45) is 1.80. The van der Waals surface area contributed by atoms with E-state index < -0.39 is 22.9 Å². The van der Waals surface area contributed by atoms with Gasteiger partial charge in [-0.3, -0.25) is 14.9 Å². The van der Waals surface area contributed by atoms with E-state index in [4.69, 9.17) is 9.72 Å². The van der Waals surface area contributed by atoms with Crippen LogP contribution in [0.3, 0.4) is 0 Å². The number of rotatable bonds is 5. The first kappa shape index (κ1) is 23.8. The van der Waals surface area contributed by atoms with Crippen molar-refractivity contribution in [2.24, 2.45) is 0 Å². The minimum absolute atomic E-state index is 0.0542. The first-order chi connectivity index (χ1) is 16.1. The van der Waals surface area contributed by atoms with Crippen molar-refractivity contribution in [1.82, 2.24) is 9.88 Å². The predicted molar refractivity (Wildman–Crippen MR) is 130 cm³/mol. The van der Waals surface area contributed by atoms with Crippen molar-refractivity contribution in [2.45, 2.75) is 44.9 Å². The number of nitrogens with zero attached hydrogens (tertiary/aromatic N) is 3. The van der Waals surface area contributed by atoms with Crippen LogP contribution in [-0.2, 0) is 14.9 Å². The molecule has 1 saturated heterocycles. The molecular formula is C25H27N3O5S. The van der Waals surface area contributed by atoms with Gasteiger partial charge in [-0.25, -0.2) is 9.78 Å². The SMILES string of the molecule is CC(C)(C)c1ccc(C(=O)OCC(=O)N2CCCC(c3nc4ccccc4s3)C2)cc1[N+](=O)[O-]. The predicted octanol–water partition coefficient (Wildman–Crippen LogP) is 5.07. The highest BCUT2D eigenvalue weighted by molar-refractivity contribution is 7.18. The van der Waals surface area contributed by atoms with E-state index >= 15 is 0 Å². The molecule has 1 unspecified atom stereocenters. The molecule has 0 bridgehead atoms. The lowest BCUT2D eigenvalue weighted by Crippen LogP contribution is -2.41. The second-order valence-electron chi connectivity index (χ2n) is 9.51. The first-order valence-electron chi connectivity index (χ1n) is 11.2. The van der Waals surface area contributed by atoms with Crippen LogP contribution in [0, 0.1) is 10.1 Å². The normalized spacial score (nSPS) is 16.4. The number of ether oxygens (including phenoxy) is 1. The number of likely N-dealkylation sites (tertiary alicyclic amines) is 1. The third-order valence-corrected chi connectivity index (χ3v) is 7.20. The Bertz CT molecular complexity index is 1210. The first-order valence-corrected chi connectivity index (χ1v) is 12.0. The van der Waals surface area contributed by atoms with Crippen molar-refractivity contribution in [1.29, 1.82) is 0 Å². The molecule has 178 valence electrons. The van der Waals surface area contributed by atoms with Gasteiger partial charge in [0.05, 0.1) is 25.7 Å². The van der Waals surface area contributed by atoms with Crippen molar-refractivity contribution < 1.29 is 19.2 Å². The van der Waals surface area contributed by atoms with E-state index in [1.54, 1.807) is 22.3 Å². The van der Waals surface area contributed by atoms with Crippen LogP contribution in [0.5, 0.6) is 0 Å². The molecule has 1 aromatic heterocycles. The molecule has 0 radical (unpaired) electrons. The Balaban J connectivity index is 1.39. The van der Waals surface area contributed by atoms with Gasteiger partial charge in [-0.1, -0.05) is 39.0 Å². The number of nitro benzene ring substituents is 1. The van der Waals surface area contributed by atoms with Gasteiger partial charge in [-0.05, 0) is 36.5 Å². The largest absolute Gasteiger partial charge is 0.452 e. The monoisotopic (exact) mass is 481 g/mol. The Morgan fingerprint density at radius 1 is 1.24 bits per heavy atom. The van der Waals surface area contributed by atoms with Crippen LogP contribution in [0.4, 0.5) is 5.69 Å². The van der Waals surface area contributed by atoms with Gasteiger partial charge in [0, 0.05) is 30.6 Å². The van der Waals surface area contributed by atoms with Crippen molar-refractivity contribution in [3.8, 4) is 0 Å². The summed E-state index contributed by atoms with van der Waals surface area (Å²) in [7, 11) is 0. The smallest absolute Gasteiger partial charge is 0.338 e. The maximum Gasteiger partial charge on any atom is 0.338 e. The average molecular weight is 482 g/mol. The van der Waals surface area contributed by atoms with Crippen LogP contribution in [0.25, 0.3) is 10.2 Å². The number of esters is 1. The van der Waals surface area contributed by atoms with Crippen LogP contribution in [0.1, 0.15) is 60.5 Å². The second-order valence-corrected chi connectivity index (χ2v) is 10.6. The zero-order valence-corrected chi connectivity index (χ0v) is 20.3. The summed E-state index contributed by atoms with van der Waals surface area (Å²) in [5, 5.41) is 12.5. The number of benzene rings is 2. The highest BCUT2D eigenvalue weighted by Crippen LogP contribution is 2.34. The summed E-state index contributed by atoms with van der Waals surface area (Å²) >= 11 is 1.65. The lowest BCUT2D eigenvalue weighted by Gasteiger charge is -2.31. The Morgan fingerprint density at radius 3 is 2.71 bits per heavy atom. The molecule has 0 spiro atoms. The molecule has 9 heteroatoms. The van der Waals surface area contributed by atoms with Crippen molar-refractivity contribution in [2.75, 3.05) is 19.7 Å². The van der Waals surface area contributed by atoms with Gasteiger partial charge in [-0.15, -0.1) is 11.3 Å². The maximum atomic E-state index is 12.8.